The van der Waals surface area contributed by atoms with E-state index in [1.807, 2.05) is 0 Å². The molecule has 0 aliphatic heterocycles. The molecule has 0 spiro atoms. The van der Waals surface area contributed by atoms with Crippen molar-refractivity contribution in [2.24, 2.45) is 0 Å². The normalized spacial score (nSPS) is 11.8. The van der Waals surface area contributed by atoms with Crippen molar-refractivity contribution < 1.29 is 90.9 Å². The Morgan fingerprint density at radius 3 is 1.18 bits per heavy atom. The van der Waals surface area contributed by atoms with Gasteiger partial charge in [-0.2, -0.15) is 35.1 Å². The van der Waals surface area contributed by atoms with E-state index < -0.39 is 48.0 Å². The topological polar surface area (TPSA) is 333 Å². The van der Waals surface area contributed by atoms with Crippen molar-refractivity contribution in [1.29, 1.82) is 0 Å². The first-order valence-corrected chi connectivity index (χ1v) is 33.2. The minimum atomic E-state index is -2.93. The van der Waals surface area contributed by atoms with Crippen molar-refractivity contribution in [2.45, 2.75) is 70.1 Å². The molecule has 0 aliphatic carbocycles. The SMILES string of the molecule is COc1c(CS(=O)c2nc3ccc(OC(F)F)cc3[nH]2)[nH]ccc1=O.COc1c(CSc2nc3ccc(OC(F)F)cc3[nH]2)[nH]ccc1=O.COc1ccnc(CS(=O)c2nc3ccc(OC(F)F)cc3[nH]2)c1OC.COc1ccnc(CSc2nc3ccc(OC(F)F)cc3[nH]2)c1OC. The van der Waals surface area contributed by atoms with E-state index in [4.69, 9.17) is 28.4 Å². The van der Waals surface area contributed by atoms with E-state index in [0.29, 0.717) is 112 Å². The van der Waals surface area contributed by atoms with E-state index in [0.717, 1.165) is 0 Å². The van der Waals surface area contributed by atoms with Crippen LogP contribution in [0.4, 0.5) is 35.1 Å². The average molecular weight is 1470 g/mol. The van der Waals surface area contributed by atoms with Gasteiger partial charge in [0.2, 0.25) is 10.9 Å². The van der Waals surface area contributed by atoms with Crippen LogP contribution in [0, 0.1) is 0 Å². The number of hydrogen-bond donors (Lipinski definition) is 6. The Bertz CT molecular complexity index is 4930. The molecule has 528 valence electrons. The molecule has 0 bridgehead atoms. The lowest BCUT2D eigenvalue weighted by Gasteiger charge is -2.10. The lowest BCUT2D eigenvalue weighted by atomic mass is 10.3. The maximum absolute atomic E-state index is 12.6. The van der Waals surface area contributed by atoms with Crippen LogP contribution in [0.1, 0.15) is 22.8 Å². The van der Waals surface area contributed by atoms with Gasteiger partial charge in [0.25, 0.3) is 0 Å². The van der Waals surface area contributed by atoms with Gasteiger partial charge in [-0.3, -0.25) is 28.0 Å². The highest BCUT2D eigenvalue weighted by molar-refractivity contribution is 7.98. The summed E-state index contributed by atoms with van der Waals surface area (Å²) >= 11 is 2.77. The summed E-state index contributed by atoms with van der Waals surface area (Å²) in [6.45, 7) is -11.6. The minimum Gasteiger partial charge on any atom is -0.493 e. The molecular weight excluding hydrogens is 1420 g/mol. The van der Waals surface area contributed by atoms with Crippen LogP contribution in [-0.4, -0.2) is 137 Å². The molecule has 2 atom stereocenters. The van der Waals surface area contributed by atoms with Crippen LogP contribution in [0.15, 0.2) is 152 Å². The van der Waals surface area contributed by atoms with E-state index in [1.54, 1.807) is 50.9 Å². The van der Waals surface area contributed by atoms with Crippen LogP contribution in [0.2, 0.25) is 0 Å². The van der Waals surface area contributed by atoms with Crippen molar-refractivity contribution in [3.05, 3.63) is 165 Å². The second-order valence-electron chi connectivity index (χ2n) is 19.6. The summed E-state index contributed by atoms with van der Waals surface area (Å²) in [5, 5.41) is 1.57. The molecule has 12 aromatic rings. The molecule has 0 aliphatic rings. The van der Waals surface area contributed by atoms with Gasteiger partial charge in [0, 0.05) is 84.8 Å². The lowest BCUT2D eigenvalue weighted by Crippen LogP contribution is -2.11. The van der Waals surface area contributed by atoms with Crippen LogP contribution in [-0.2, 0) is 44.6 Å². The average Bonchev–Trinajstić information content (AvgIpc) is 1.66. The van der Waals surface area contributed by atoms with Crippen molar-refractivity contribution in [2.75, 3.05) is 42.7 Å². The fraction of sp³-hybridized carbons (Fsp3) is 0.226. The van der Waals surface area contributed by atoms with Gasteiger partial charge in [0.1, 0.15) is 23.0 Å². The van der Waals surface area contributed by atoms with Crippen LogP contribution in [0.25, 0.3) is 44.1 Å². The highest BCUT2D eigenvalue weighted by atomic mass is 32.2. The predicted octanol–water partition coefficient (Wildman–Crippen LogP) is 12.1. The van der Waals surface area contributed by atoms with Crippen molar-refractivity contribution in [3.8, 4) is 57.5 Å². The Balaban J connectivity index is 0.000000156. The summed E-state index contributed by atoms with van der Waals surface area (Å²) in [5.74, 6) is 3.44. The number of aromatic nitrogens is 12. The molecule has 0 saturated heterocycles. The van der Waals surface area contributed by atoms with Gasteiger partial charge < -0.3 is 77.3 Å². The van der Waals surface area contributed by atoms with Gasteiger partial charge in [0.05, 0.1) is 143 Å². The number of rotatable bonds is 26. The Kier molecular flexibility index (Phi) is 25.6. The Morgan fingerprint density at radius 2 is 0.770 bits per heavy atom. The molecule has 0 amide bonds. The third kappa shape index (κ3) is 19.4. The molecule has 8 aromatic heterocycles. The number of methoxy groups -OCH3 is 6. The van der Waals surface area contributed by atoms with Crippen molar-refractivity contribution in [1.82, 2.24) is 59.8 Å². The number of halogens is 8. The maximum Gasteiger partial charge on any atom is 0.387 e. The van der Waals surface area contributed by atoms with Gasteiger partial charge in [-0.25, -0.2) is 19.9 Å². The van der Waals surface area contributed by atoms with E-state index >= 15 is 0 Å². The van der Waals surface area contributed by atoms with Crippen molar-refractivity contribution in [3.63, 3.8) is 0 Å². The van der Waals surface area contributed by atoms with Crippen LogP contribution in [0.5, 0.6) is 57.5 Å². The number of imidazole rings is 4. The Morgan fingerprint density at radius 1 is 0.410 bits per heavy atom. The minimum absolute atomic E-state index is 0.00962. The molecule has 12 rings (SSSR count). The van der Waals surface area contributed by atoms with E-state index in [9.17, 15) is 53.1 Å². The van der Waals surface area contributed by atoms with Crippen LogP contribution >= 0.6 is 23.5 Å². The fourth-order valence-electron chi connectivity index (χ4n) is 9.17. The highest BCUT2D eigenvalue weighted by Gasteiger charge is 2.21. The number of thioether (sulfide) groups is 2. The summed E-state index contributed by atoms with van der Waals surface area (Å²) in [4.78, 5) is 66.6. The highest BCUT2D eigenvalue weighted by Crippen LogP contribution is 2.35. The standard InChI is InChI=1S/C16H15F2N3O4S.C16H15F2N3O3S.C15H13F2N3O4S.C15H13F2N3O3S/c1-23-13-5-6-19-12(14(13)24-2)8-26(22)16-20-10-4-3-9(25-15(17)18)7-11(10)21-16;1-22-13-5-6-19-12(14(13)23-2)8-25-16-20-10-4-3-9(24-15(17)18)7-11(10)21-16;1-23-13-11(18-5-4-12(13)21)7-25(22)15-19-9-3-2-8(24-14(16)17)6-10(9)20-15;1-22-13-11(18-5-4-12(13)21)7-24-15-19-9-3-2-8(23-14(16)17)6-10(9)20-15/h3-7,15H,8H2,1-2H3,(H,20,21);3-7,15H,8H2,1-2H3,(H,20,21);2-6,14H,7H2,1H3,(H,18,21)(H,19,20);2-6,14H,7H2,1H3,(H,18,21)(H,19,20). The number of nitrogens with zero attached hydrogens (tertiary/aromatic N) is 6. The molecule has 2 unspecified atom stereocenters. The second-order valence-corrected chi connectivity index (χ2v) is 24.3. The number of fused-ring (bicyclic) bond motifs is 4. The molecule has 0 fully saturated rings. The summed E-state index contributed by atoms with van der Waals surface area (Å²) in [5.41, 5.74) is 5.94. The first-order valence-electron chi connectivity index (χ1n) is 28.6. The number of alkyl halides is 8. The van der Waals surface area contributed by atoms with Crippen molar-refractivity contribution >= 4 is 89.3 Å². The molecule has 26 nitrogen and oxygen atoms in total. The van der Waals surface area contributed by atoms with E-state index in [-0.39, 0.29) is 67.2 Å². The number of benzene rings is 4. The predicted molar refractivity (Wildman–Crippen MR) is 352 cm³/mol. The van der Waals surface area contributed by atoms with Gasteiger partial charge in [-0.1, -0.05) is 23.5 Å². The molecule has 6 N–H and O–H groups in total. The zero-order chi connectivity index (χ0) is 71.6. The number of aromatic amines is 6. The summed E-state index contributed by atoms with van der Waals surface area (Å²) < 4.78 is 172. The number of pyridine rings is 4. The summed E-state index contributed by atoms with van der Waals surface area (Å²) in [6, 6.07) is 23.5. The summed E-state index contributed by atoms with van der Waals surface area (Å²) in [7, 11) is 5.70. The third-order valence-corrected chi connectivity index (χ3v) is 17.5. The van der Waals surface area contributed by atoms with E-state index in [1.165, 1.54) is 137 Å². The van der Waals surface area contributed by atoms with Crippen LogP contribution in [0.3, 0.4) is 0 Å². The number of nitrogens with one attached hydrogen (secondary N) is 6. The summed E-state index contributed by atoms with van der Waals surface area (Å²) in [6.07, 6.45) is 6.15. The zero-order valence-corrected chi connectivity index (χ0v) is 56.0. The molecule has 4 aromatic carbocycles. The molecular formula is C62H56F8N12O14S4. The molecule has 100 heavy (non-hydrogen) atoms. The number of hydrogen-bond acceptors (Lipinski definition) is 22. The smallest absolute Gasteiger partial charge is 0.387 e. The lowest BCUT2D eigenvalue weighted by molar-refractivity contribution is -0.0504. The Hall–Kier alpha value is -10.6. The monoisotopic (exact) mass is 1470 g/mol. The number of H-pyrrole nitrogens is 6. The molecule has 0 saturated carbocycles. The fourth-order valence-corrected chi connectivity index (χ4v) is 12.9. The maximum atomic E-state index is 12.6. The van der Waals surface area contributed by atoms with Crippen LogP contribution < -0.4 is 58.2 Å². The third-order valence-electron chi connectivity index (χ3n) is 13.4. The van der Waals surface area contributed by atoms with Gasteiger partial charge in [-0.15, -0.1) is 0 Å². The van der Waals surface area contributed by atoms with Gasteiger partial charge in [0.15, 0.2) is 55.1 Å². The molecule has 0 radical (unpaired) electrons. The van der Waals surface area contributed by atoms with Gasteiger partial charge >= 0.3 is 26.4 Å². The first kappa shape index (κ1) is 73.6. The second kappa shape index (κ2) is 34.7. The first-order chi connectivity index (χ1) is 48.1. The molecule has 8 heterocycles. The zero-order valence-electron chi connectivity index (χ0n) is 52.7. The molecule has 38 heteroatoms. The van der Waals surface area contributed by atoms with E-state index in [2.05, 4.69) is 78.8 Å². The van der Waals surface area contributed by atoms with Gasteiger partial charge in [-0.05, 0) is 48.5 Å². The largest absolute Gasteiger partial charge is 0.493 e. The quantitative estimate of drug-likeness (QED) is 0.0217. The number of ether oxygens (including phenoxy) is 10. The Labute approximate surface area is 572 Å².